The standard InChI is InChI=1S/C15H26N4O6S2/c1-6-11-10(7(2)20)14(21)19(11)12(15(22)23)13(6)26-9-3-8(17-5-9)4-18-27(16,24)25/h6-13,17-18,20H,3-5H2,1-2H3,(H,22,23)(H2,16,24,25)/t6-,7-,8+,9+,10-,11-,12?,13?/m1/s1. The minimum absolute atomic E-state index is 0.0602. The largest absolute Gasteiger partial charge is 0.480 e. The molecule has 1 amide bonds. The Bertz CT molecular complexity index is 717. The number of carbonyl (C=O) groups is 2. The molecule has 2 unspecified atom stereocenters. The van der Waals surface area contributed by atoms with E-state index in [4.69, 9.17) is 5.14 Å². The van der Waals surface area contributed by atoms with Gasteiger partial charge in [-0.25, -0.2) is 14.7 Å². The summed E-state index contributed by atoms with van der Waals surface area (Å²) in [5.74, 6) is -1.93. The van der Waals surface area contributed by atoms with Gasteiger partial charge in [0.15, 0.2) is 0 Å². The Hall–Kier alpha value is -0.920. The number of nitrogens with two attached hydrogens (primary N) is 1. The molecule has 3 fully saturated rings. The van der Waals surface area contributed by atoms with Gasteiger partial charge in [-0.05, 0) is 19.3 Å². The van der Waals surface area contributed by atoms with E-state index in [-0.39, 0.29) is 41.0 Å². The van der Waals surface area contributed by atoms with Crippen molar-refractivity contribution < 1.29 is 28.2 Å². The molecule has 3 heterocycles. The van der Waals surface area contributed by atoms with Gasteiger partial charge in [0.2, 0.25) is 5.91 Å². The molecular formula is C15H26N4O6S2. The van der Waals surface area contributed by atoms with Crippen molar-refractivity contribution >= 4 is 33.8 Å². The molecule has 0 saturated carbocycles. The van der Waals surface area contributed by atoms with E-state index in [1.807, 2.05) is 6.92 Å². The second kappa shape index (κ2) is 7.48. The van der Waals surface area contributed by atoms with Crippen LogP contribution < -0.4 is 15.2 Å². The number of β-lactam (4-membered cyclic amide) rings is 1. The number of nitrogens with zero attached hydrogens (tertiary/aromatic N) is 1. The fraction of sp³-hybridized carbons (Fsp3) is 0.867. The van der Waals surface area contributed by atoms with E-state index in [0.717, 1.165) is 0 Å². The van der Waals surface area contributed by atoms with E-state index in [1.165, 1.54) is 16.7 Å². The van der Waals surface area contributed by atoms with Gasteiger partial charge in [0.1, 0.15) is 6.04 Å². The molecule has 8 atom stereocenters. The molecule has 10 nitrogen and oxygen atoms in total. The molecule has 3 saturated heterocycles. The predicted molar refractivity (Wildman–Crippen MR) is 99.1 cm³/mol. The Balaban J connectivity index is 1.66. The average molecular weight is 423 g/mol. The van der Waals surface area contributed by atoms with Crippen molar-refractivity contribution in [3.63, 3.8) is 0 Å². The van der Waals surface area contributed by atoms with Crippen LogP contribution in [-0.4, -0.2) is 83.2 Å². The van der Waals surface area contributed by atoms with E-state index < -0.39 is 34.2 Å². The maximum absolute atomic E-state index is 12.4. The smallest absolute Gasteiger partial charge is 0.327 e. The monoisotopic (exact) mass is 422 g/mol. The minimum atomic E-state index is -3.75. The number of fused-ring (bicyclic) bond motifs is 1. The van der Waals surface area contributed by atoms with E-state index >= 15 is 0 Å². The molecule has 0 spiro atoms. The molecule has 0 aromatic rings. The molecule has 12 heteroatoms. The SMILES string of the molecule is C[C@@H](O)[C@H]1C(=O)N2C(C(=O)O)C(S[C@@H]3CN[C@H](CNS(N)(=O)=O)C3)[C@H](C)[C@H]12. The van der Waals surface area contributed by atoms with E-state index in [9.17, 15) is 28.2 Å². The van der Waals surface area contributed by atoms with Crippen LogP contribution >= 0.6 is 11.8 Å². The predicted octanol–water partition coefficient (Wildman–Crippen LogP) is -2.08. The fourth-order valence-electron chi connectivity index (χ4n) is 4.53. The summed E-state index contributed by atoms with van der Waals surface area (Å²) in [5, 5.41) is 27.6. The molecule has 0 bridgehead atoms. The van der Waals surface area contributed by atoms with Crippen LogP contribution in [-0.2, 0) is 19.8 Å². The highest BCUT2D eigenvalue weighted by atomic mass is 32.2. The van der Waals surface area contributed by atoms with Crippen molar-refractivity contribution in [1.82, 2.24) is 14.9 Å². The van der Waals surface area contributed by atoms with Crippen LogP contribution in [0.4, 0.5) is 0 Å². The lowest BCUT2D eigenvalue weighted by atomic mass is 9.79. The van der Waals surface area contributed by atoms with Crippen LogP contribution in [0.25, 0.3) is 0 Å². The van der Waals surface area contributed by atoms with Crippen LogP contribution in [0.1, 0.15) is 20.3 Å². The van der Waals surface area contributed by atoms with Gasteiger partial charge in [-0.3, -0.25) is 4.79 Å². The maximum atomic E-state index is 12.4. The Labute approximate surface area is 162 Å². The third-order valence-corrected chi connectivity index (χ3v) is 8.05. The van der Waals surface area contributed by atoms with E-state index in [0.29, 0.717) is 13.0 Å². The first-order valence-electron chi connectivity index (χ1n) is 8.90. The number of carboxylic acids is 1. The summed E-state index contributed by atoms with van der Waals surface area (Å²) >= 11 is 1.53. The van der Waals surface area contributed by atoms with Crippen LogP contribution in [0, 0.1) is 11.8 Å². The van der Waals surface area contributed by atoms with Crippen LogP contribution in [0.5, 0.6) is 0 Å². The summed E-state index contributed by atoms with van der Waals surface area (Å²) in [6.07, 6.45) is -0.137. The number of rotatable bonds is 7. The molecule has 3 aliphatic rings. The topological polar surface area (TPSA) is 162 Å². The second-order valence-corrected chi connectivity index (χ2v) is 10.5. The molecule has 3 aliphatic heterocycles. The third kappa shape index (κ3) is 3.96. The van der Waals surface area contributed by atoms with E-state index in [2.05, 4.69) is 10.0 Å². The summed E-state index contributed by atoms with van der Waals surface area (Å²) in [7, 11) is -3.75. The van der Waals surface area contributed by atoms with Gasteiger partial charge in [-0.15, -0.1) is 0 Å². The van der Waals surface area contributed by atoms with Gasteiger partial charge in [0, 0.05) is 29.6 Å². The third-order valence-electron chi connectivity index (χ3n) is 5.73. The minimum Gasteiger partial charge on any atom is -0.480 e. The number of hydrogen-bond acceptors (Lipinski definition) is 7. The first-order chi connectivity index (χ1) is 12.5. The van der Waals surface area contributed by atoms with Crippen LogP contribution in [0.3, 0.4) is 0 Å². The lowest BCUT2D eigenvalue weighted by molar-refractivity contribution is -0.170. The summed E-state index contributed by atoms with van der Waals surface area (Å²) in [6, 6.07) is -1.24. The molecule has 0 radical (unpaired) electrons. The summed E-state index contributed by atoms with van der Waals surface area (Å²) in [6.45, 7) is 4.29. The quantitative estimate of drug-likeness (QED) is 0.292. The van der Waals surface area contributed by atoms with Crippen LogP contribution in [0.2, 0.25) is 0 Å². The summed E-state index contributed by atoms with van der Waals surface area (Å²) < 4.78 is 24.3. The Morgan fingerprint density at radius 2 is 2.19 bits per heavy atom. The Morgan fingerprint density at radius 3 is 2.74 bits per heavy atom. The number of hydrogen-bond donors (Lipinski definition) is 5. The van der Waals surface area contributed by atoms with Gasteiger partial charge in [-0.2, -0.15) is 20.2 Å². The number of amides is 1. The number of nitrogens with one attached hydrogen (secondary N) is 2. The first-order valence-corrected chi connectivity index (χ1v) is 11.4. The van der Waals surface area contributed by atoms with Crippen molar-refractivity contribution in [2.75, 3.05) is 13.1 Å². The van der Waals surface area contributed by atoms with Gasteiger partial charge in [0.05, 0.1) is 18.1 Å². The van der Waals surface area contributed by atoms with Gasteiger partial charge in [-0.1, -0.05) is 6.92 Å². The van der Waals surface area contributed by atoms with Gasteiger partial charge in [0.25, 0.3) is 10.2 Å². The number of aliphatic hydroxyl groups is 1. The molecule has 0 aromatic heterocycles. The molecular weight excluding hydrogens is 396 g/mol. The number of aliphatic hydroxyl groups excluding tert-OH is 1. The molecule has 0 aliphatic carbocycles. The zero-order chi connectivity index (χ0) is 20.1. The number of carbonyl (C=O) groups excluding carboxylic acids is 1. The molecule has 3 rings (SSSR count). The Kier molecular flexibility index (Phi) is 5.77. The summed E-state index contributed by atoms with van der Waals surface area (Å²) in [5.41, 5.74) is 0. The summed E-state index contributed by atoms with van der Waals surface area (Å²) in [4.78, 5) is 25.6. The number of aliphatic carboxylic acids is 1. The maximum Gasteiger partial charge on any atom is 0.327 e. The second-order valence-electron chi connectivity index (χ2n) is 7.60. The lowest BCUT2D eigenvalue weighted by Crippen LogP contribution is -2.65. The molecule has 0 aromatic carbocycles. The Morgan fingerprint density at radius 1 is 1.52 bits per heavy atom. The zero-order valence-corrected chi connectivity index (χ0v) is 16.7. The van der Waals surface area contributed by atoms with Crippen molar-refractivity contribution in [1.29, 1.82) is 0 Å². The molecule has 6 N–H and O–H groups in total. The highest BCUT2D eigenvalue weighted by Crippen LogP contribution is 2.50. The average Bonchev–Trinajstić information content (AvgIpc) is 3.07. The van der Waals surface area contributed by atoms with E-state index in [1.54, 1.807) is 6.92 Å². The zero-order valence-electron chi connectivity index (χ0n) is 15.1. The lowest BCUT2D eigenvalue weighted by Gasteiger charge is -2.47. The number of carboxylic acid groups (broad SMARTS) is 1. The highest BCUT2D eigenvalue weighted by Gasteiger charge is 2.64. The molecule has 27 heavy (non-hydrogen) atoms. The van der Waals surface area contributed by atoms with Crippen molar-refractivity contribution in [2.45, 2.75) is 55.0 Å². The van der Waals surface area contributed by atoms with Crippen LogP contribution in [0.15, 0.2) is 0 Å². The fourth-order valence-corrected chi connectivity index (χ4v) is 6.75. The van der Waals surface area contributed by atoms with Crippen molar-refractivity contribution in [3.8, 4) is 0 Å². The van der Waals surface area contributed by atoms with Gasteiger partial charge >= 0.3 is 5.97 Å². The molecule has 154 valence electrons. The van der Waals surface area contributed by atoms with Crippen molar-refractivity contribution in [3.05, 3.63) is 0 Å². The number of thioether (sulfide) groups is 1. The normalized spacial score (nSPS) is 39.9. The van der Waals surface area contributed by atoms with Crippen molar-refractivity contribution in [2.24, 2.45) is 17.0 Å². The van der Waals surface area contributed by atoms with Gasteiger partial charge < -0.3 is 20.4 Å². The highest BCUT2D eigenvalue weighted by molar-refractivity contribution is 8.00. The first kappa shape index (κ1) is 20.8.